The number of unbranched alkanes of at least 4 members (excludes halogenated alkanes) is 1. The Morgan fingerprint density at radius 1 is 1.47 bits per heavy atom. The first kappa shape index (κ1) is 13.7. The molecular weight excluding hydrogens is 215 g/mol. The Hall–Kier alpha value is -1.40. The van der Waals surface area contributed by atoms with Gasteiger partial charge in [0.05, 0.1) is 11.9 Å². The zero-order valence-corrected chi connectivity index (χ0v) is 10.4. The van der Waals surface area contributed by atoms with Gasteiger partial charge in [-0.25, -0.2) is 4.39 Å². The molecule has 0 aliphatic rings. The molecule has 3 heteroatoms. The van der Waals surface area contributed by atoms with Gasteiger partial charge in [0.2, 0.25) is 0 Å². The van der Waals surface area contributed by atoms with Crippen molar-refractivity contribution in [2.45, 2.75) is 45.2 Å². The fraction of sp³-hybridized carbons (Fsp3) is 0.500. The molecule has 1 aromatic heterocycles. The molecule has 0 radical (unpaired) electrons. The van der Waals surface area contributed by atoms with Crippen molar-refractivity contribution in [1.29, 1.82) is 0 Å². The second kappa shape index (κ2) is 7.03. The van der Waals surface area contributed by atoms with Crippen LogP contribution in [0, 0.1) is 18.2 Å². The second-order valence-corrected chi connectivity index (χ2v) is 4.37. The number of rotatable bonds is 6. The van der Waals surface area contributed by atoms with E-state index >= 15 is 0 Å². The predicted molar refractivity (Wildman–Crippen MR) is 67.9 cm³/mol. The van der Waals surface area contributed by atoms with Crippen LogP contribution in [-0.2, 0) is 0 Å². The number of pyridine rings is 1. The van der Waals surface area contributed by atoms with E-state index in [2.05, 4.69) is 30.1 Å². The Morgan fingerprint density at radius 3 is 2.76 bits per heavy atom. The smallest absolute Gasteiger partial charge is 0.141 e. The first-order chi connectivity index (χ1) is 8.13. The van der Waals surface area contributed by atoms with Crippen molar-refractivity contribution in [3.8, 4) is 12.3 Å². The molecule has 0 saturated carbocycles. The molecule has 1 aromatic rings. The summed E-state index contributed by atoms with van der Waals surface area (Å²) in [6, 6.07) is 3.67. The van der Waals surface area contributed by atoms with Gasteiger partial charge in [0.1, 0.15) is 5.82 Å². The summed E-state index contributed by atoms with van der Waals surface area (Å²) in [6.45, 7) is 4.16. The summed E-state index contributed by atoms with van der Waals surface area (Å²) >= 11 is 0. The summed E-state index contributed by atoms with van der Waals surface area (Å²) in [5.41, 5.74) is 0.872. The first-order valence-corrected chi connectivity index (χ1v) is 5.94. The Balaban J connectivity index is 2.68. The third kappa shape index (κ3) is 4.97. The monoisotopic (exact) mass is 234 g/mol. The lowest BCUT2D eigenvalue weighted by atomic mass is 10.0. The van der Waals surface area contributed by atoms with Crippen LogP contribution in [0.5, 0.6) is 0 Å². The van der Waals surface area contributed by atoms with Gasteiger partial charge in [-0.15, -0.1) is 12.3 Å². The molecule has 0 spiro atoms. The van der Waals surface area contributed by atoms with E-state index in [0.717, 1.165) is 25.0 Å². The van der Waals surface area contributed by atoms with Gasteiger partial charge in [-0.1, -0.05) is 13.8 Å². The first-order valence-electron chi connectivity index (χ1n) is 5.94. The molecule has 1 N–H and O–H groups in total. The topological polar surface area (TPSA) is 24.9 Å². The van der Waals surface area contributed by atoms with Crippen molar-refractivity contribution in [2.24, 2.45) is 0 Å². The van der Waals surface area contributed by atoms with E-state index in [9.17, 15) is 4.39 Å². The maximum Gasteiger partial charge on any atom is 0.141 e. The third-order valence-corrected chi connectivity index (χ3v) is 2.46. The zero-order chi connectivity index (χ0) is 12.7. The van der Waals surface area contributed by atoms with Gasteiger partial charge in [0.15, 0.2) is 0 Å². The summed E-state index contributed by atoms with van der Waals surface area (Å²) in [7, 11) is 0. The molecule has 0 aliphatic carbocycles. The quantitative estimate of drug-likeness (QED) is 0.604. The van der Waals surface area contributed by atoms with Gasteiger partial charge in [-0.05, 0) is 25.0 Å². The molecule has 1 atom stereocenters. The van der Waals surface area contributed by atoms with Gasteiger partial charge < -0.3 is 5.32 Å². The molecule has 0 saturated heterocycles. The largest absolute Gasteiger partial charge is 0.306 e. The SMILES string of the molecule is C#CCCCC(NC(C)C)c1ccc(F)cn1. The van der Waals surface area contributed by atoms with E-state index in [0.29, 0.717) is 6.04 Å². The van der Waals surface area contributed by atoms with Crippen molar-refractivity contribution in [3.05, 3.63) is 29.8 Å². The van der Waals surface area contributed by atoms with Crippen LogP contribution in [-0.4, -0.2) is 11.0 Å². The molecule has 1 unspecified atom stereocenters. The van der Waals surface area contributed by atoms with E-state index in [1.54, 1.807) is 6.07 Å². The van der Waals surface area contributed by atoms with Crippen molar-refractivity contribution >= 4 is 0 Å². The number of terminal acetylenes is 1. The summed E-state index contributed by atoms with van der Waals surface area (Å²) < 4.78 is 12.8. The highest BCUT2D eigenvalue weighted by atomic mass is 19.1. The van der Waals surface area contributed by atoms with Crippen LogP contribution in [0.25, 0.3) is 0 Å². The van der Waals surface area contributed by atoms with Crippen molar-refractivity contribution in [2.75, 3.05) is 0 Å². The van der Waals surface area contributed by atoms with Gasteiger partial charge in [-0.3, -0.25) is 4.98 Å². The predicted octanol–water partition coefficient (Wildman–Crippen LogP) is 3.06. The lowest BCUT2D eigenvalue weighted by Crippen LogP contribution is -2.28. The van der Waals surface area contributed by atoms with Crippen LogP contribution in [0.2, 0.25) is 0 Å². The molecule has 0 aromatic carbocycles. The van der Waals surface area contributed by atoms with Crippen LogP contribution in [0.15, 0.2) is 18.3 Å². The van der Waals surface area contributed by atoms with E-state index in [-0.39, 0.29) is 11.9 Å². The number of hydrogen-bond donors (Lipinski definition) is 1. The van der Waals surface area contributed by atoms with Gasteiger partial charge in [-0.2, -0.15) is 0 Å². The molecular formula is C14H19FN2. The highest BCUT2D eigenvalue weighted by Crippen LogP contribution is 2.18. The summed E-state index contributed by atoms with van der Waals surface area (Å²) in [4.78, 5) is 4.12. The minimum Gasteiger partial charge on any atom is -0.306 e. The van der Waals surface area contributed by atoms with Crippen LogP contribution in [0.1, 0.15) is 44.8 Å². The fourth-order valence-corrected chi connectivity index (χ4v) is 1.72. The summed E-state index contributed by atoms with van der Waals surface area (Å²) in [6.07, 6.45) is 9.12. The Bertz CT molecular complexity index is 365. The minimum atomic E-state index is -0.305. The number of hydrogen-bond acceptors (Lipinski definition) is 2. The minimum absolute atomic E-state index is 0.143. The van der Waals surface area contributed by atoms with Crippen LogP contribution >= 0.6 is 0 Å². The lowest BCUT2D eigenvalue weighted by molar-refractivity contribution is 0.435. The van der Waals surface area contributed by atoms with Crippen LogP contribution in [0.3, 0.4) is 0 Å². The highest BCUT2D eigenvalue weighted by molar-refractivity contribution is 5.10. The van der Waals surface area contributed by atoms with E-state index < -0.39 is 0 Å². The number of nitrogens with one attached hydrogen (secondary N) is 1. The molecule has 0 fully saturated rings. The zero-order valence-electron chi connectivity index (χ0n) is 10.4. The maximum atomic E-state index is 12.8. The Morgan fingerprint density at radius 2 is 2.24 bits per heavy atom. The normalized spacial score (nSPS) is 12.4. The Labute approximate surface area is 103 Å². The van der Waals surface area contributed by atoms with Gasteiger partial charge >= 0.3 is 0 Å². The molecule has 2 nitrogen and oxygen atoms in total. The van der Waals surface area contributed by atoms with E-state index in [1.165, 1.54) is 12.3 Å². The molecule has 0 amide bonds. The number of aromatic nitrogens is 1. The molecule has 1 heterocycles. The van der Waals surface area contributed by atoms with Crippen molar-refractivity contribution in [1.82, 2.24) is 10.3 Å². The average molecular weight is 234 g/mol. The van der Waals surface area contributed by atoms with Crippen molar-refractivity contribution < 1.29 is 4.39 Å². The van der Waals surface area contributed by atoms with Crippen molar-refractivity contribution in [3.63, 3.8) is 0 Å². The second-order valence-electron chi connectivity index (χ2n) is 4.37. The van der Waals surface area contributed by atoms with Gasteiger partial charge in [0.25, 0.3) is 0 Å². The molecule has 0 bridgehead atoms. The molecule has 1 rings (SSSR count). The average Bonchev–Trinajstić information content (AvgIpc) is 2.28. The van der Waals surface area contributed by atoms with Crippen LogP contribution < -0.4 is 5.32 Å². The Kier molecular flexibility index (Phi) is 5.65. The lowest BCUT2D eigenvalue weighted by Gasteiger charge is -2.20. The standard InChI is InChI=1S/C14H19FN2/c1-4-5-6-7-14(17-11(2)3)13-9-8-12(15)10-16-13/h1,8-11,14,17H,5-7H2,2-3H3. The number of nitrogens with zero attached hydrogens (tertiary/aromatic N) is 1. The molecule has 17 heavy (non-hydrogen) atoms. The fourth-order valence-electron chi connectivity index (χ4n) is 1.72. The molecule has 92 valence electrons. The maximum absolute atomic E-state index is 12.8. The van der Waals surface area contributed by atoms with Crippen LogP contribution in [0.4, 0.5) is 4.39 Å². The van der Waals surface area contributed by atoms with E-state index in [1.807, 2.05) is 0 Å². The summed E-state index contributed by atoms with van der Waals surface area (Å²) in [5.74, 6) is 2.32. The third-order valence-electron chi connectivity index (χ3n) is 2.46. The number of halogens is 1. The highest BCUT2D eigenvalue weighted by Gasteiger charge is 2.13. The summed E-state index contributed by atoms with van der Waals surface area (Å²) in [5, 5.41) is 3.42. The van der Waals surface area contributed by atoms with E-state index in [4.69, 9.17) is 6.42 Å². The van der Waals surface area contributed by atoms with Gasteiger partial charge in [0, 0.05) is 18.5 Å². The molecule has 0 aliphatic heterocycles.